The van der Waals surface area contributed by atoms with E-state index in [-0.39, 0.29) is 11.7 Å². The molecule has 1 aromatic carbocycles. The van der Waals surface area contributed by atoms with Crippen molar-refractivity contribution in [3.05, 3.63) is 72.6 Å². The molecule has 142 valence electrons. The average molecular weight is 386 g/mol. The van der Waals surface area contributed by atoms with Crippen LogP contribution in [0.3, 0.4) is 0 Å². The molecule has 0 spiro atoms. The van der Waals surface area contributed by atoms with Gasteiger partial charge in [-0.15, -0.1) is 10.2 Å². The molecule has 0 bridgehead atoms. The molecule has 5 rings (SSSR count). The highest BCUT2D eigenvalue weighted by atomic mass is 16.5. The van der Waals surface area contributed by atoms with Crippen LogP contribution in [0, 0.1) is 6.92 Å². The lowest BCUT2D eigenvalue weighted by Gasteiger charge is -2.04. The maximum atomic E-state index is 12.2. The van der Waals surface area contributed by atoms with Crippen LogP contribution in [0.25, 0.3) is 28.5 Å². The van der Waals surface area contributed by atoms with Crippen molar-refractivity contribution in [3.63, 3.8) is 0 Å². The third-order valence-electron chi connectivity index (χ3n) is 4.37. The number of hydrogen-bond acceptors (Lipinski definition) is 7. The van der Waals surface area contributed by atoms with Crippen LogP contribution in [0.15, 0.2) is 69.9 Å². The monoisotopic (exact) mass is 386 g/mol. The summed E-state index contributed by atoms with van der Waals surface area (Å²) in [6, 6.07) is 14.1. The van der Waals surface area contributed by atoms with Crippen molar-refractivity contribution in [1.29, 1.82) is 0 Å². The number of rotatable bonds is 4. The molecule has 4 aromatic heterocycles. The number of furan rings is 1. The summed E-state index contributed by atoms with van der Waals surface area (Å²) in [5, 5.41) is 15.0. The number of hydrogen-bond donors (Lipinski definition) is 1. The Labute approximate surface area is 164 Å². The molecule has 0 saturated heterocycles. The van der Waals surface area contributed by atoms with E-state index in [1.165, 1.54) is 6.26 Å². The Bertz CT molecular complexity index is 1320. The quantitative estimate of drug-likeness (QED) is 0.502. The molecule has 1 N–H and O–H groups in total. The molecule has 0 aliphatic carbocycles. The van der Waals surface area contributed by atoms with Crippen LogP contribution in [0.5, 0.6) is 0 Å². The number of carbonyl (C=O) groups excluding carboxylic acids is 1. The molecular weight excluding hydrogens is 372 g/mol. The molecule has 0 unspecified atom stereocenters. The Kier molecular flexibility index (Phi) is 3.91. The lowest BCUT2D eigenvalue weighted by atomic mass is 10.2. The van der Waals surface area contributed by atoms with Crippen LogP contribution in [0.2, 0.25) is 0 Å². The zero-order valence-electron chi connectivity index (χ0n) is 15.2. The van der Waals surface area contributed by atoms with E-state index in [0.717, 1.165) is 17.0 Å². The van der Waals surface area contributed by atoms with Gasteiger partial charge >= 0.3 is 0 Å². The second-order valence-electron chi connectivity index (χ2n) is 6.33. The molecule has 0 radical (unpaired) electrons. The number of pyridine rings is 1. The van der Waals surface area contributed by atoms with Crippen molar-refractivity contribution in [1.82, 2.24) is 24.7 Å². The first kappa shape index (κ1) is 16.9. The minimum Gasteiger partial charge on any atom is -0.459 e. The molecule has 0 atom stereocenters. The van der Waals surface area contributed by atoms with Gasteiger partial charge in [0.1, 0.15) is 5.82 Å². The predicted molar refractivity (Wildman–Crippen MR) is 103 cm³/mol. The van der Waals surface area contributed by atoms with Gasteiger partial charge in [-0.25, -0.2) is 0 Å². The fourth-order valence-electron chi connectivity index (χ4n) is 2.93. The van der Waals surface area contributed by atoms with Gasteiger partial charge in [0.2, 0.25) is 5.82 Å². The van der Waals surface area contributed by atoms with Crippen LogP contribution in [-0.2, 0) is 0 Å². The first-order chi connectivity index (χ1) is 14.2. The van der Waals surface area contributed by atoms with E-state index in [1.54, 1.807) is 30.3 Å². The van der Waals surface area contributed by atoms with Gasteiger partial charge in [-0.3, -0.25) is 9.20 Å². The van der Waals surface area contributed by atoms with Gasteiger partial charge in [0.25, 0.3) is 11.8 Å². The maximum absolute atomic E-state index is 12.2. The van der Waals surface area contributed by atoms with E-state index in [1.807, 2.05) is 35.7 Å². The number of nitrogens with one attached hydrogen (secondary N) is 1. The van der Waals surface area contributed by atoms with E-state index < -0.39 is 0 Å². The summed E-state index contributed by atoms with van der Waals surface area (Å²) in [5.41, 5.74) is 2.79. The Morgan fingerprint density at radius 3 is 2.86 bits per heavy atom. The van der Waals surface area contributed by atoms with Gasteiger partial charge < -0.3 is 14.3 Å². The van der Waals surface area contributed by atoms with Crippen molar-refractivity contribution in [2.24, 2.45) is 0 Å². The van der Waals surface area contributed by atoms with Gasteiger partial charge in [-0.1, -0.05) is 11.2 Å². The molecule has 29 heavy (non-hydrogen) atoms. The van der Waals surface area contributed by atoms with Crippen LogP contribution in [0.1, 0.15) is 16.4 Å². The zero-order valence-corrected chi connectivity index (χ0v) is 15.2. The Morgan fingerprint density at radius 2 is 2.00 bits per heavy atom. The van der Waals surface area contributed by atoms with Crippen LogP contribution >= 0.6 is 0 Å². The van der Waals surface area contributed by atoms with Crippen LogP contribution in [0.4, 0.5) is 5.69 Å². The summed E-state index contributed by atoms with van der Waals surface area (Å²) in [6.45, 7) is 1.87. The van der Waals surface area contributed by atoms with E-state index >= 15 is 0 Å². The lowest BCUT2D eigenvalue weighted by Crippen LogP contribution is -2.10. The number of amides is 1. The average Bonchev–Trinajstić information content (AvgIpc) is 3.50. The normalized spacial score (nSPS) is 11.1. The molecule has 1 amide bonds. The standard InChI is InChI=1S/C20H14N6O3/c1-12-23-24-17-8-7-14(11-26(12)17)18-22-20(29-25-18)13-4-2-5-15(10-13)21-19(27)16-6-3-9-28-16/h2-11H,1H3,(H,21,27). The number of aromatic nitrogens is 5. The second-order valence-corrected chi connectivity index (χ2v) is 6.33. The number of anilines is 1. The highest BCUT2D eigenvalue weighted by molar-refractivity contribution is 6.02. The number of carbonyl (C=O) groups is 1. The fraction of sp³-hybridized carbons (Fsp3) is 0.0500. The predicted octanol–water partition coefficient (Wildman–Crippen LogP) is 3.60. The molecule has 0 aliphatic heterocycles. The highest BCUT2D eigenvalue weighted by Crippen LogP contribution is 2.25. The molecule has 9 heteroatoms. The number of nitrogens with zero attached hydrogens (tertiary/aromatic N) is 5. The maximum Gasteiger partial charge on any atom is 0.291 e. The SMILES string of the molecule is Cc1nnc2ccc(-c3noc(-c4cccc(NC(=O)c5ccco5)c4)n3)cn12. The van der Waals surface area contributed by atoms with Crippen LogP contribution in [-0.4, -0.2) is 30.6 Å². The van der Waals surface area contributed by atoms with Crippen molar-refractivity contribution in [3.8, 4) is 22.8 Å². The fourth-order valence-corrected chi connectivity index (χ4v) is 2.93. The Hall–Kier alpha value is -4.27. The zero-order chi connectivity index (χ0) is 19.8. The largest absolute Gasteiger partial charge is 0.459 e. The summed E-state index contributed by atoms with van der Waals surface area (Å²) >= 11 is 0. The molecule has 5 aromatic rings. The summed E-state index contributed by atoms with van der Waals surface area (Å²) in [4.78, 5) is 16.6. The Morgan fingerprint density at radius 1 is 1.07 bits per heavy atom. The minimum absolute atomic E-state index is 0.232. The van der Waals surface area contributed by atoms with E-state index in [4.69, 9.17) is 8.94 Å². The first-order valence-corrected chi connectivity index (χ1v) is 8.78. The summed E-state index contributed by atoms with van der Waals surface area (Å²) in [6.07, 6.45) is 3.31. The molecule has 0 saturated carbocycles. The van der Waals surface area contributed by atoms with Gasteiger partial charge in [0.15, 0.2) is 11.4 Å². The highest BCUT2D eigenvalue weighted by Gasteiger charge is 2.14. The summed E-state index contributed by atoms with van der Waals surface area (Å²) in [5.74, 6) is 1.45. The van der Waals surface area contributed by atoms with Crippen molar-refractivity contribution >= 4 is 17.2 Å². The summed E-state index contributed by atoms with van der Waals surface area (Å²) in [7, 11) is 0. The first-order valence-electron chi connectivity index (χ1n) is 8.78. The molecule has 0 aliphatic rings. The number of fused-ring (bicyclic) bond motifs is 1. The third kappa shape index (κ3) is 3.14. The number of benzene rings is 1. The lowest BCUT2D eigenvalue weighted by molar-refractivity contribution is 0.0996. The summed E-state index contributed by atoms with van der Waals surface area (Å²) < 4.78 is 12.4. The topological polar surface area (TPSA) is 111 Å². The van der Waals surface area contributed by atoms with Crippen LogP contribution < -0.4 is 5.32 Å². The molecule has 4 heterocycles. The molecule has 0 fully saturated rings. The van der Waals surface area contributed by atoms with Gasteiger partial charge in [-0.05, 0) is 49.4 Å². The van der Waals surface area contributed by atoms with Crippen molar-refractivity contribution in [2.75, 3.05) is 5.32 Å². The third-order valence-corrected chi connectivity index (χ3v) is 4.37. The smallest absolute Gasteiger partial charge is 0.291 e. The van der Waals surface area contributed by atoms with Gasteiger partial charge in [0, 0.05) is 23.0 Å². The van der Waals surface area contributed by atoms with E-state index in [9.17, 15) is 4.79 Å². The number of aryl methyl sites for hydroxylation is 1. The minimum atomic E-state index is -0.337. The van der Waals surface area contributed by atoms with Gasteiger partial charge in [0.05, 0.1) is 6.26 Å². The molecular formula is C20H14N6O3. The second kappa shape index (κ2) is 6.71. The van der Waals surface area contributed by atoms with Crippen molar-refractivity contribution in [2.45, 2.75) is 6.92 Å². The van der Waals surface area contributed by atoms with E-state index in [0.29, 0.717) is 23.0 Å². The van der Waals surface area contributed by atoms with Gasteiger partial charge in [-0.2, -0.15) is 4.98 Å². The van der Waals surface area contributed by atoms with Crippen molar-refractivity contribution < 1.29 is 13.7 Å². The molecule has 9 nitrogen and oxygen atoms in total. The Balaban J connectivity index is 1.42. The van der Waals surface area contributed by atoms with E-state index in [2.05, 4.69) is 25.7 Å².